The molecule has 32 heavy (non-hydrogen) atoms. The topological polar surface area (TPSA) is 89.8 Å². The van der Waals surface area contributed by atoms with Gasteiger partial charge in [-0.3, -0.25) is 9.59 Å². The molecule has 7 nitrogen and oxygen atoms in total. The van der Waals surface area contributed by atoms with Gasteiger partial charge in [-0.05, 0) is 30.3 Å². The fraction of sp³-hybridized carbons (Fsp3) is 0. The number of hydrogen-bond donors (Lipinski definition) is 1. The Balaban J connectivity index is 1.58. The fourth-order valence-electron chi connectivity index (χ4n) is 3.24. The highest BCUT2D eigenvalue weighted by atomic mass is 32.2. The van der Waals surface area contributed by atoms with Crippen molar-refractivity contribution in [1.82, 2.24) is 20.0 Å². The van der Waals surface area contributed by atoms with E-state index in [1.54, 1.807) is 41.9 Å². The number of nitrogens with one attached hydrogen (secondary N) is 1. The van der Waals surface area contributed by atoms with Crippen LogP contribution in [-0.4, -0.2) is 25.9 Å². The van der Waals surface area contributed by atoms with Gasteiger partial charge in [0.1, 0.15) is 5.51 Å². The third-order valence-corrected chi connectivity index (χ3v) is 6.55. The Hall–Kier alpha value is -3.82. The molecule has 0 atom stereocenters. The third-order valence-electron chi connectivity index (χ3n) is 4.69. The van der Waals surface area contributed by atoms with Crippen LogP contribution in [0.2, 0.25) is 0 Å². The van der Waals surface area contributed by atoms with Gasteiger partial charge in [0.05, 0.1) is 16.8 Å². The lowest BCUT2D eigenvalue weighted by atomic mass is 10.1. The molecule has 5 aromatic rings. The van der Waals surface area contributed by atoms with Gasteiger partial charge in [0.25, 0.3) is 11.5 Å². The van der Waals surface area contributed by atoms with E-state index in [0.717, 1.165) is 9.24 Å². The summed E-state index contributed by atoms with van der Waals surface area (Å²) < 4.78 is 2.03. The second kappa shape index (κ2) is 8.74. The molecule has 2 aromatic heterocycles. The molecule has 0 spiro atoms. The summed E-state index contributed by atoms with van der Waals surface area (Å²) >= 11 is 2.84. The summed E-state index contributed by atoms with van der Waals surface area (Å²) in [6.07, 6.45) is 0. The number of para-hydroxylation sites is 2. The van der Waals surface area contributed by atoms with E-state index in [1.807, 2.05) is 42.5 Å². The summed E-state index contributed by atoms with van der Waals surface area (Å²) in [5, 5.41) is 16.2. The minimum Gasteiger partial charge on any atom is -0.320 e. The Morgan fingerprint density at radius 1 is 0.906 bits per heavy atom. The van der Waals surface area contributed by atoms with Crippen molar-refractivity contribution < 1.29 is 4.79 Å². The van der Waals surface area contributed by atoms with Gasteiger partial charge in [-0.25, -0.2) is 0 Å². The van der Waals surface area contributed by atoms with Crippen LogP contribution in [0.15, 0.2) is 98.4 Å². The van der Waals surface area contributed by atoms with Crippen LogP contribution in [0.3, 0.4) is 0 Å². The number of nitrogens with zero attached hydrogens (tertiary/aromatic N) is 4. The van der Waals surface area contributed by atoms with Gasteiger partial charge >= 0.3 is 0 Å². The minimum atomic E-state index is -0.406. The standard InChI is InChI=1S/C23H15N5O2S2/c29-21(25-18-12-6-7-13-19(18)32-23-26-24-14-31-23)20-16-10-4-5-11-17(16)22(30)28(27-20)15-8-2-1-3-9-15/h1-14H,(H,25,29). The van der Waals surface area contributed by atoms with E-state index in [2.05, 4.69) is 20.6 Å². The molecule has 0 saturated carbocycles. The van der Waals surface area contributed by atoms with Gasteiger partial charge in [-0.2, -0.15) is 9.78 Å². The average molecular weight is 458 g/mol. The number of fused-ring (bicyclic) bond motifs is 1. The number of hydrogen-bond acceptors (Lipinski definition) is 7. The van der Waals surface area contributed by atoms with Gasteiger partial charge in [0.2, 0.25) is 0 Å². The van der Waals surface area contributed by atoms with Crippen LogP contribution in [0.4, 0.5) is 5.69 Å². The molecule has 0 fully saturated rings. The zero-order valence-electron chi connectivity index (χ0n) is 16.5. The molecule has 2 heterocycles. The van der Waals surface area contributed by atoms with Crippen LogP contribution >= 0.6 is 23.1 Å². The van der Waals surface area contributed by atoms with Gasteiger partial charge < -0.3 is 5.32 Å². The third kappa shape index (κ3) is 3.91. The molecular formula is C23H15N5O2S2. The first-order chi connectivity index (χ1) is 15.7. The van der Waals surface area contributed by atoms with Crippen molar-refractivity contribution in [3.63, 3.8) is 0 Å². The Labute approximate surface area is 190 Å². The largest absolute Gasteiger partial charge is 0.320 e. The zero-order chi connectivity index (χ0) is 21.9. The molecule has 156 valence electrons. The van der Waals surface area contributed by atoms with Crippen LogP contribution in [0, 0.1) is 0 Å². The smallest absolute Gasteiger partial charge is 0.279 e. The maximum atomic E-state index is 13.4. The molecule has 9 heteroatoms. The lowest BCUT2D eigenvalue weighted by molar-refractivity contribution is 0.102. The predicted molar refractivity (Wildman–Crippen MR) is 126 cm³/mol. The Kier molecular flexibility index (Phi) is 5.49. The lowest BCUT2D eigenvalue weighted by Crippen LogP contribution is -2.26. The number of amides is 1. The number of anilines is 1. The van der Waals surface area contributed by atoms with Gasteiger partial charge in [0.15, 0.2) is 10.0 Å². The zero-order valence-corrected chi connectivity index (χ0v) is 18.1. The highest BCUT2D eigenvalue weighted by Crippen LogP contribution is 2.34. The highest BCUT2D eigenvalue weighted by molar-refractivity contribution is 8.01. The van der Waals surface area contributed by atoms with E-state index in [4.69, 9.17) is 0 Å². The van der Waals surface area contributed by atoms with Gasteiger partial charge in [-0.15, -0.1) is 10.2 Å². The monoisotopic (exact) mass is 457 g/mol. The van der Waals surface area contributed by atoms with Crippen LogP contribution < -0.4 is 10.9 Å². The van der Waals surface area contributed by atoms with Gasteiger partial charge in [0, 0.05) is 10.3 Å². The Morgan fingerprint density at radius 3 is 2.41 bits per heavy atom. The minimum absolute atomic E-state index is 0.166. The first-order valence-corrected chi connectivity index (χ1v) is 11.3. The molecule has 0 aliphatic carbocycles. The fourth-order valence-corrected chi connectivity index (χ4v) is 4.76. The maximum absolute atomic E-state index is 13.4. The molecule has 0 unspecified atom stereocenters. The molecular weight excluding hydrogens is 442 g/mol. The second-order valence-electron chi connectivity index (χ2n) is 6.70. The van der Waals surface area contributed by atoms with Crippen LogP contribution in [0.1, 0.15) is 10.5 Å². The van der Waals surface area contributed by atoms with Crippen molar-refractivity contribution in [3.05, 3.63) is 100 Å². The Bertz CT molecular complexity index is 1470. The molecule has 0 bridgehead atoms. The van der Waals surface area contributed by atoms with E-state index >= 15 is 0 Å². The molecule has 0 aliphatic heterocycles. The van der Waals surface area contributed by atoms with E-state index < -0.39 is 5.91 Å². The predicted octanol–water partition coefficient (Wildman–Crippen LogP) is 4.64. The summed E-state index contributed by atoms with van der Waals surface area (Å²) in [5.41, 5.74) is 2.76. The molecule has 1 amide bonds. The molecule has 5 rings (SSSR count). The van der Waals surface area contributed by atoms with Crippen molar-refractivity contribution in [3.8, 4) is 5.69 Å². The van der Waals surface area contributed by atoms with Gasteiger partial charge in [-0.1, -0.05) is 71.6 Å². The normalized spacial score (nSPS) is 10.9. The highest BCUT2D eigenvalue weighted by Gasteiger charge is 2.19. The lowest BCUT2D eigenvalue weighted by Gasteiger charge is -2.13. The first kappa shape index (κ1) is 20.1. The van der Waals surface area contributed by atoms with E-state index in [9.17, 15) is 9.59 Å². The summed E-state index contributed by atoms with van der Waals surface area (Å²) in [5.74, 6) is -0.406. The van der Waals surface area contributed by atoms with Crippen molar-refractivity contribution in [1.29, 1.82) is 0 Å². The summed E-state index contributed by atoms with van der Waals surface area (Å²) in [6.45, 7) is 0. The second-order valence-corrected chi connectivity index (χ2v) is 8.83. The molecule has 3 aromatic carbocycles. The van der Waals surface area contributed by atoms with Crippen molar-refractivity contribution >= 4 is 45.5 Å². The summed E-state index contributed by atoms with van der Waals surface area (Å²) in [4.78, 5) is 27.2. The molecule has 0 saturated heterocycles. The SMILES string of the molecule is O=C(Nc1ccccc1Sc1nncs1)c1nn(-c2ccccc2)c(=O)c2ccccc12. The van der Waals surface area contributed by atoms with E-state index in [1.165, 1.54) is 27.8 Å². The van der Waals surface area contributed by atoms with Crippen molar-refractivity contribution in [2.24, 2.45) is 0 Å². The molecule has 1 N–H and O–H groups in total. The molecule has 0 radical (unpaired) electrons. The number of benzene rings is 3. The van der Waals surface area contributed by atoms with Crippen LogP contribution in [0.25, 0.3) is 16.5 Å². The van der Waals surface area contributed by atoms with Crippen LogP contribution in [-0.2, 0) is 0 Å². The number of carbonyl (C=O) groups is 1. The van der Waals surface area contributed by atoms with Crippen molar-refractivity contribution in [2.45, 2.75) is 9.24 Å². The van der Waals surface area contributed by atoms with E-state index in [0.29, 0.717) is 22.1 Å². The Morgan fingerprint density at radius 2 is 1.62 bits per heavy atom. The number of aromatic nitrogens is 4. The van der Waals surface area contributed by atoms with E-state index in [-0.39, 0.29) is 11.3 Å². The average Bonchev–Trinajstić information content (AvgIpc) is 3.34. The quantitative estimate of drug-likeness (QED) is 0.414. The van der Waals surface area contributed by atoms with Crippen LogP contribution in [0.5, 0.6) is 0 Å². The summed E-state index contributed by atoms with van der Waals surface area (Å²) in [7, 11) is 0. The molecule has 0 aliphatic rings. The number of rotatable bonds is 5. The number of carbonyl (C=O) groups excluding carboxylic acids is 1. The first-order valence-electron chi connectivity index (χ1n) is 9.62. The summed E-state index contributed by atoms with van der Waals surface area (Å²) in [6, 6.07) is 23.5. The maximum Gasteiger partial charge on any atom is 0.279 e. The van der Waals surface area contributed by atoms with Crippen molar-refractivity contribution in [2.75, 3.05) is 5.32 Å².